The molecule has 0 bridgehead atoms. The van der Waals surface area contributed by atoms with E-state index in [9.17, 15) is 4.39 Å². The molecule has 2 rings (SSSR count). The molecular formula is C15H20BrFO. The Morgan fingerprint density at radius 1 is 1.39 bits per heavy atom. The van der Waals surface area contributed by atoms with Crippen LogP contribution in [0.2, 0.25) is 0 Å². The molecule has 1 aromatic rings. The van der Waals surface area contributed by atoms with E-state index >= 15 is 0 Å². The van der Waals surface area contributed by atoms with E-state index in [0.29, 0.717) is 5.41 Å². The minimum atomic E-state index is -0.171. The first-order chi connectivity index (χ1) is 8.62. The predicted octanol–water partition coefficient (Wildman–Crippen LogP) is 4.72. The minimum Gasteiger partial charge on any atom is -0.490 e. The number of hydrogen-bond donors (Lipinski definition) is 0. The summed E-state index contributed by atoms with van der Waals surface area (Å²) in [4.78, 5) is 0. The van der Waals surface area contributed by atoms with E-state index < -0.39 is 0 Å². The number of fused-ring (bicyclic) bond motifs is 1. The summed E-state index contributed by atoms with van der Waals surface area (Å²) in [6.07, 6.45) is 4.33. The molecule has 18 heavy (non-hydrogen) atoms. The van der Waals surface area contributed by atoms with Gasteiger partial charge in [0.1, 0.15) is 17.7 Å². The lowest BCUT2D eigenvalue weighted by Gasteiger charge is -2.31. The van der Waals surface area contributed by atoms with Crippen LogP contribution in [-0.2, 0) is 6.42 Å². The smallest absolute Gasteiger partial charge is 0.123 e. The molecule has 0 amide bonds. The highest BCUT2D eigenvalue weighted by Crippen LogP contribution is 2.39. The molecular weight excluding hydrogens is 295 g/mol. The second-order valence-corrected chi connectivity index (χ2v) is 5.80. The fourth-order valence-electron chi connectivity index (χ4n) is 2.67. The van der Waals surface area contributed by atoms with Gasteiger partial charge in [-0.15, -0.1) is 0 Å². The van der Waals surface area contributed by atoms with Gasteiger partial charge in [-0.25, -0.2) is 4.39 Å². The van der Waals surface area contributed by atoms with Gasteiger partial charge in [-0.05, 0) is 42.9 Å². The average Bonchev–Trinajstić information content (AvgIpc) is 2.77. The molecule has 0 aromatic heterocycles. The number of benzene rings is 1. The van der Waals surface area contributed by atoms with Gasteiger partial charge in [-0.1, -0.05) is 29.8 Å². The van der Waals surface area contributed by atoms with Gasteiger partial charge in [-0.2, -0.15) is 0 Å². The van der Waals surface area contributed by atoms with Crippen LogP contribution < -0.4 is 4.74 Å². The minimum absolute atomic E-state index is 0.171. The molecule has 1 aliphatic heterocycles. The fourth-order valence-corrected chi connectivity index (χ4v) is 3.69. The Morgan fingerprint density at radius 3 is 2.72 bits per heavy atom. The number of alkyl halides is 1. The molecule has 1 unspecified atom stereocenters. The van der Waals surface area contributed by atoms with Crippen molar-refractivity contribution in [2.24, 2.45) is 5.41 Å². The molecule has 0 aliphatic carbocycles. The molecule has 1 aliphatic rings. The lowest BCUT2D eigenvalue weighted by molar-refractivity contribution is 0.142. The van der Waals surface area contributed by atoms with Gasteiger partial charge in [0, 0.05) is 17.3 Å². The molecule has 100 valence electrons. The van der Waals surface area contributed by atoms with Gasteiger partial charge in [0.05, 0.1) is 0 Å². The fraction of sp³-hybridized carbons (Fsp3) is 0.600. The maximum Gasteiger partial charge on any atom is 0.123 e. The van der Waals surface area contributed by atoms with Gasteiger partial charge in [0.25, 0.3) is 0 Å². The third-order valence-corrected chi connectivity index (χ3v) is 5.40. The van der Waals surface area contributed by atoms with E-state index in [0.717, 1.165) is 42.3 Å². The third-order valence-electron chi connectivity index (χ3n) is 4.21. The highest BCUT2D eigenvalue weighted by Gasteiger charge is 2.33. The van der Waals surface area contributed by atoms with Crippen molar-refractivity contribution < 1.29 is 9.13 Å². The first-order valence-corrected chi connectivity index (χ1v) is 7.75. The van der Waals surface area contributed by atoms with E-state index in [4.69, 9.17) is 4.74 Å². The quantitative estimate of drug-likeness (QED) is 0.714. The Morgan fingerprint density at radius 2 is 2.11 bits per heavy atom. The van der Waals surface area contributed by atoms with Crippen molar-refractivity contribution in [2.45, 2.75) is 45.6 Å². The average molecular weight is 315 g/mol. The summed E-state index contributed by atoms with van der Waals surface area (Å²) >= 11 is 3.63. The molecule has 1 aromatic carbocycles. The zero-order valence-corrected chi connectivity index (χ0v) is 12.6. The molecule has 1 atom stereocenters. The number of halogens is 2. The van der Waals surface area contributed by atoms with Crippen LogP contribution in [0.4, 0.5) is 4.39 Å². The van der Waals surface area contributed by atoms with Crippen molar-refractivity contribution >= 4 is 15.9 Å². The van der Waals surface area contributed by atoms with Crippen molar-refractivity contribution in [2.75, 3.05) is 5.33 Å². The van der Waals surface area contributed by atoms with Crippen LogP contribution in [0.1, 0.15) is 38.7 Å². The van der Waals surface area contributed by atoms with Gasteiger partial charge in [-0.3, -0.25) is 0 Å². The molecule has 0 saturated heterocycles. The van der Waals surface area contributed by atoms with Crippen molar-refractivity contribution in [3.8, 4) is 5.75 Å². The summed E-state index contributed by atoms with van der Waals surface area (Å²) in [6, 6.07) is 4.82. The maximum atomic E-state index is 13.2. The topological polar surface area (TPSA) is 9.23 Å². The van der Waals surface area contributed by atoms with Crippen molar-refractivity contribution in [3.05, 3.63) is 29.6 Å². The van der Waals surface area contributed by atoms with Crippen LogP contribution in [0, 0.1) is 11.2 Å². The van der Waals surface area contributed by atoms with Crippen LogP contribution in [0.15, 0.2) is 18.2 Å². The first-order valence-electron chi connectivity index (χ1n) is 6.63. The second-order valence-electron chi connectivity index (χ2n) is 5.24. The van der Waals surface area contributed by atoms with Gasteiger partial charge >= 0.3 is 0 Å². The van der Waals surface area contributed by atoms with Crippen LogP contribution in [0.25, 0.3) is 0 Å². The summed E-state index contributed by atoms with van der Waals surface area (Å²) in [5, 5.41) is 0.998. The molecule has 1 nitrogen and oxygen atoms in total. The van der Waals surface area contributed by atoms with E-state index in [1.54, 1.807) is 12.1 Å². The van der Waals surface area contributed by atoms with E-state index in [1.807, 2.05) is 0 Å². The zero-order valence-electron chi connectivity index (χ0n) is 11.0. The Bertz CT molecular complexity index is 407. The summed E-state index contributed by atoms with van der Waals surface area (Å²) in [7, 11) is 0. The second kappa shape index (κ2) is 5.60. The van der Waals surface area contributed by atoms with E-state index in [2.05, 4.69) is 29.8 Å². The molecule has 0 radical (unpaired) electrons. The predicted molar refractivity (Wildman–Crippen MR) is 75.9 cm³/mol. The Labute approximate surface area is 117 Å². The summed E-state index contributed by atoms with van der Waals surface area (Å²) in [5.41, 5.74) is 1.31. The van der Waals surface area contributed by atoms with Crippen LogP contribution in [-0.4, -0.2) is 11.4 Å². The van der Waals surface area contributed by atoms with E-state index in [1.165, 1.54) is 6.07 Å². The number of rotatable bonds is 5. The molecule has 1 heterocycles. The normalized spacial score (nSPS) is 18.6. The molecule has 0 saturated carbocycles. The standard InChI is InChI=1S/C15H20BrFO/c1-3-15(4-2,10-16)9-13-8-11-7-12(17)5-6-14(11)18-13/h5-7,13H,3-4,8-10H2,1-2H3. The Balaban J connectivity index is 2.07. The van der Waals surface area contributed by atoms with Crippen molar-refractivity contribution in [1.29, 1.82) is 0 Å². The van der Waals surface area contributed by atoms with Crippen LogP contribution >= 0.6 is 15.9 Å². The summed E-state index contributed by atoms with van der Waals surface area (Å²) in [5.74, 6) is 0.688. The van der Waals surface area contributed by atoms with Crippen LogP contribution in [0.3, 0.4) is 0 Å². The van der Waals surface area contributed by atoms with E-state index in [-0.39, 0.29) is 11.9 Å². The van der Waals surface area contributed by atoms with Crippen LogP contribution in [0.5, 0.6) is 5.75 Å². The number of hydrogen-bond acceptors (Lipinski definition) is 1. The Hall–Kier alpha value is -0.570. The summed E-state index contributed by atoms with van der Waals surface area (Å²) in [6.45, 7) is 4.46. The van der Waals surface area contributed by atoms with Gasteiger partial charge in [0.2, 0.25) is 0 Å². The zero-order chi connectivity index (χ0) is 13.2. The monoisotopic (exact) mass is 314 g/mol. The van der Waals surface area contributed by atoms with Gasteiger partial charge in [0.15, 0.2) is 0 Å². The summed E-state index contributed by atoms with van der Waals surface area (Å²) < 4.78 is 19.1. The SMILES string of the molecule is CCC(CC)(CBr)CC1Cc2cc(F)ccc2O1. The molecule has 0 spiro atoms. The molecule has 0 N–H and O–H groups in total. The lowest BCUT2D eigenvalue weighted by Crippen LogP contribution is -2.29. The highest BCUT2D eigenvalue weighted by atomic mass is 79.9. The highest BCUT2D eigenvalue weighted by molar-refractivity contribution is 9.09. The van der Waals surface area contributed by atoms with Gasteiger partial charge < -0.3 is 4.74 Å². The molecule has 3 heteroatoms. The first kappa shape index (κ1) is 13.9. The van der Waals surface area contributed by atoms with Crippen molar-refractivity contribution in [1.82, 2.24) is 0 Å². The van der Waals surface area contributed by atoms with Crippen molar-refractivity contribution in [3.63, 3.8) is 0 Å². The number of ether oxygens (including phenoxy) is 1. The third kappa shape index (κ3) is 2.71. The lowest BCUT2D eigenvalue weighted by atomic mass is 9.79. The molecule has 0 fully saturated rings. The largest absolute Gasteiger partial charge is 0.490 e. The maximum absolute atomic E-state index is 13.2. The Kier molecular flexibility index (Phi) is 4.31.